The molecule has 5 rings (SSSR count). The van der Waals surface area contributed by atoms with E-state index in [2.05, 4.69) is 0 Å². The highest BCUT2D eigenvalue weighted by molar-refractivity contribution is 7.92. The van der Waals surface area contributed by atoms with Crippen molar-refractivity contribution >= 4 is 27.1 Å². The molecule has 11 heteroatoms. The van der Waals surface area contributed by atoms with Gasteiger partial charge in [-0.1, -0.05) is 13.8 Å². The minimum atomic E-state index is -3.66. The second-order valence-corrected chi connectivity index (χ2v) is 13.0. The molecule has 38 heavy (non-hydrogen) atoms. The molecular weight excluding hydrogens is 526 g/mol. The highest BCUT2D eigenvalue weighted by atomic mass is 32.2. The third-order valence-corrected chi connectivity index (χ3v) is 9.49. The third kappa shape index (κ3) is 4.71. The van der Waals surface area contributed by atoms with Crippen LogP contribution in [0.2, 0.25) is 0 Å². The number of methoxy groups -OCH3 is 1. The number of thiophene rings is 1. The van der Waals surface area contributed by atoms with Crippen LogP contribution in [0.15, 0.2) is 33.9 Å². The first kappa shape index (κ1) is 28.1. The molecule has 9 nitrogen and oxygen atoms in total. The van der Waals surface area contributed by atoms with Crippen LogP contribution in [-0.2, 0) is 21.2 Å². The molecule has 0 atom stereocenters. The molecular formula is C27H35N3O6S2. The number of carbonyl (C=O) groups is 1. The van der Waals surface area contributed by atoms with Crippen molar-refractivity contribution < 1.29 is 27.4 Å². The SMILES string of the molecule is CC.COc1cc2c(cc1S(=O)(=O)C(C)C)-c1c(c(C(=O)N3CCOCC3(C)C)nn1-c1ccsc1)CO2. The summed E-state index contributed by atoms with van der Waals surface area (Å²) in [6.45, 7) is 12.7. The molecule has 1 fully saturated rings. The summed E-state index contributed by atoms with van der Waals surface area (Å²) < 4.78 is 45.2. The van der Waals surface area contributed by atoms with Gasteiger partial charge in [0.2, 0.25) is 0 Å². The maximum Gasteiger partial charge on any atom is 0.275 e. The third-order valence-electron chi connectivity index (χ3n) is 6.65. The van der Waals surface area contributed by atoms with Crippen LogP contribution in [-0.4, -0.2) is 66.7 Å². The van der Waals surface area contributed by atoms with Gasteiger partial charge in [0.15, 0.2) is 15.5 Å². The molecule has 0 unspecified atom stereocenters. The second-order valence-electron chi connectivity index (χ2n) is 9.77. The first-order chi connectivity index (χ1) is 18.1. The molecule has 1 aromatic carbocycles. The van der Waals surface area contributed by atoms with E-state index < -0.39 is 20.6 Å². The Morgan fingerprint density at radius 2 is 1.97 bits per heavy atom. The minimum absolute atomic E-state index is 0.0791. The summed E-state index contributed by atoms with van der Waals surface area (Å²) in [5.41, 5.74) is 2.41. The highest BCUT2D eigenvalue weighted by Gasteiger charge is 2.39. The number of rotatable bonds is 5. The second kappa shape index (κ2) is 10.7. The molecule has 2 aromatic heterocycles. The molecule has 1 saturated heterocycles. The molecule has 206 valence electrons. The number of ether oxygens (including phenoxy) is 3. The molecule has 0 aliphatic carbocycles. The van der Waals surface area contributed by atoms with E-state index in [0.717, 1.165) is 5.69 Å². The Morgan fingerprint density at radius 3 is 2.58 bits per heavy atom. The van der Waals surface area contributed by atoms with Gasteiger partial charge in [0.05, 0.1) is 42.5 Å². The summed E-state index contributed by atoms with van der Waals surface area (Å²) in [7, 11) is -2.23. The number of nitrogens with zero attached hydrogens (tertiary/aromatic N) is 3. The van der Waals surface area contributed by atoms with Gasteiger partial charge in [0, 0.05) is 29.1 Å². The number of aromatic nitrogens is 2. The van der Waals surface area contributed by atoms with Crippen LogP contribution in [0.1, 0.15) is 57.6 Å². The van der Waals surface area contributed by atoms with Crippen LogP contribution in [0.5, 0.6) is 11.5 Å². The van der Waals surface area contributed by atoms with Crippen LogP contribution in [0.25, 0.3) is 16.9 Å². The molecule has 0 spiro atoms. The van der Waals surface area contributed by atoms with E-state index in [4.69, 9.17) is 19.3 Å². The number of benzene rings is 1. The van der Waals surface area contributed by atoms with Gasteiger partial charge >= 0.3 is 0 Å². The van der Waals surface area contributed by atoms with Crippen molar-refractivity contribution in [2.75, 3.05) is 26.9 Å². The van der Waals surface area contributed by atoms with Crippen molar-refractivity contribution in [1.29, 1.82) is 0 Å². The Bertz CT molecular complexity index is 1430. The monoisotopic (exact) mass is 561 g/mol. The molecule has 4 heterocycles. The van der Waals surface area contributed by atoms with Gasteiger partial charge in [-0.3, -0.25) is 4.79 Å². The summed E-state index contributed by atoms with van der Waals surface area (Å²) in [5, 5.41) is 8.00. The molecule has 2 aliphatic rings. The zero-order chi connectivity index (χ0) is 27.8. The maximum atomic E-state index is 13.8. The van der Waals surface area contributed by atoms with Gasteiger partial charge in [-0.25, -0.2) is 13.1 Å². The van der Waals surface area contributed by atoms with E-state index in [-0.39, 0.29) is 23.2 Å². The molecule has 0 bridgehead atoms. The molecule has 3 aromatic rings. The van der Waals surface area contributed by atoms with Crippen LogP contribution in [0.4, 0.5) is 0 Å². The summed E-state index contributed by atoms with van der Waals surface area (Å²) in [5.74, 6) is 0.493. The van der Waals surface area contributed by atoms with Gasteiger partial charge in [-0.15, -0.1) is 0 Å². The lowest BCUT2D eigenvalue weighted by Gasteiger charge is -2.41. The Morgan fingerprint density at radius 1 is 1.24 bits per heavy atom. The van der Waals surface area contributed by atoms with E-state index in [1.807, 2.05) is 44.5 Å². The highest BCUT2D eigenvalue weighted by Crippen LogP contribution is 2.45. The smallest absolute Gasteiger partial charge is 0.275 e. The lowest BCUT2D eigenvalue weighted by Crippen LogP contribution is -2.55. The molecule has 1 amide bonds. The van der Waals surface area contributed by atoms with Crippen LogP contribution >= 0.6 is 11.3 Å². The lowest BCUT2D eigenvalue weighted by atomic mass is 9.99. The standard InChI is InChI=1S/C25H29N3O6S2.C2H6/c1-15(2)36(30,31)21-10-17-19(11-20(21)32-5)34-12-18-22(24(29)27-7-8-33-14-25(27,3)4)26-28(23(17)18)16-6-9-35-13-16;1-2/h6,9-11,13,15H,7-8,12,14H2,1-5H3;1-2H3. The molecule has 0 radical (unpaired) electrons. The predicted molar refractivity (Wildman–Crippen MR) is 147 cm³/mol. The quantitative estimate of drug-likeness (QED) is 0.434. The summed E-state index contributed by atoms with van der Waals surface area (Å²) >= 11 is 1.51. The van der Waals surface area contributed by atoms with Gasteiger partial charge < -0.3 is 19.1 Å². The van der Waals surface area contributed by atoms with Gasteiger partial charge in [0.25, 0.3) is 5.91 Å². The Labute approximate surface area is 228 Å². The number of carbonyl (C=O) groups excluding carboxylic acids is 1. The summed E-state index contributed by atoms with van der Waals surface area (Å²) in [6.07, 6.45) is 0. The normalized spacial score (nSPS) is 16.2. The average Bonchev–Trinajstić information content (AvgIpc) is 3.56. The van der Waals surface area contributed by atoms with Crippen molar-refractivity contribution in [3.05, 3.63) is 40.2 Å². The van der Waals surface area contributed by atoms with Gasteiger partial charge in [-0.2, -0.15) is 16.4 Å². The number of hydrogen-bond donors (Lipinski definition) is 0. The van der Waals surface area contributed by atoms with Crippen molar-refractivity contribution in [3.63, 3.8) is 0 Å². The average molecular weight is 562 g/mol. The Hall–Kier alpha value is -2.89. The van der Waals surface area contributed by atoms with Crippen molar-refractivity contribution in [2.45, 2.75) is 63.8 Å². The number of fused-ring (bicyclic) bond motifs is 3. The zero-order valence-electron chi connectivity index (χ0n) is 22.9. The predicted octanol–water partition coefficient (Wildman–Crippen LogP) is 4.96. The van der Waals surface area contributed by atoms with E-state index >= 15 is 0 Å². The van der Waals surface area contributed by atoms with Crippen LogP contribution < -0.4 is 9.47 Å². The topological polar surface area (TPSA) is 100.0 Å². The van der Waals surface area contributed by atoms with Gasteiger partial charge in [-0.05, 0) is 45.2 Å². The van der Waals surface area contributed by atoms with E-state index in [1.165, 1.54) is 18.4 Å². The van der Waals surface area contributed by atoms with Crippen molar-refractivity contribution in [2.24, 2.45) is 0 Å². The Balaban J connectivity index is 0.00000164. The molecule has 0 N–H and O–H groups in total. The summed E-state index contributed by atoms with van der Waals surface area (Å²) in [6, 6.07) is 5.10. The number of amides is 1. The zero-order valence-corrected chi connectivity index (χ0v) is 24.5. The van der Waals surface area contributed by atoms with Crippen LogP contribution in [0, 0.1) is 0 Å². The number of morpholine rings is 1. The fourth-order valence-electron chi connectivity index (χ4n) is 4.59. The van der Waals surface area contributed by atoms with E-state index in [0.29, 0.717) is 48.0 Å². The minimum Gasteiger partial charge on any atom is -0.495 e. The largest absolute Gasteiger partial charge is 0.495 e. The van der Waals surface area contributed by atoms with Gasteiger partial charge in [0.1, 0.15) is 23.0 Å². The van der Waals surface area contributed by atoms with E-state index in [1.54, 1.807) is 35.6 Å². The fourth-order valence-corrected chi connectivity index (χ4v) is 6.42. The first-order valence-electron chi connectivity index (χ1n) is 12.7. The van der Waals surface area contributed by atoms with Crippen molar-refractivity contribution in [1.82, 2.24) is 14.7 Å². The molecule has 2 aliphatic heterocycles. The van der Waals surface area contributed by atoms with Crippen LogP contribution in [0.3, 0.4) is 0 Å². The molecule has 0 saturated carbocycles. The fraction of sp³-hybridized carbons (Fsp3) is 0.481. The first-order valence-corrected chi connectivity index (χ1v) is 15.2. The number of sulfone groups is 1. The maximum absolute atomic E-state index is 13.8. The lowest BCUT2D eigenvalue weighted by molar-refractivity contribution is -0.0374. The van der Waals surface area contributed by atoms with Crippen molar-refractivity contribution in [3.8, 4) is 28.4 Å². The number of hydrogen-bond acceptors (Lipinski definition) is 8. The Kier molecular flexibility index (Phi) is 7.92. The van der Waals surface area contributed by atoms with E-state index in [9.17, 15) is 13.2 Å². The summed E-state index contributed by atoms with van der Waals surface area (Å²) in [4.78, 5) is 15.7.